The highest BCUT2D eigenvalue weighted by Gasteiger charge is 2.11. The zero-order valence-electron chi connectivity index (χ0n) is 7.23. The zero-order valence-corrected chi connectivity index (χ0v) is 4.23. The second-order valence-electron chi connectivity index (χ2n) is 1.71. The molecule has 1 unspecified atom stereocenters. The maximum absolute atomic E-state index is 8.33. The fourth-order valence-electron chi connectivity index (χ4n) is 0.0395. The van der Waals surface area contributed by atoms with E-state index in [-0.39, 0.29) is 6.42 Å². The van der Waals surface area contributed by atoms with Crippen molar-refractivity contribution in [1.82, 2.24) is 0 Å². The number of hydrogen-bond donors (Lipinski definition) is 1. The van der Waals surface area contributed by atoms with Crippen molar-refractivity contribution in [2.75, 3.05) is 0 Å². The maximum atomic E-state index is 8.33. The van der Waals surface area contributed by atoms with E-state index in [1.54, 1.807) is 6.07 Å². The van der Waals surface area contributed by atoms with Gasteiger partial charge in [0.15, 0.2) is 0 Å². The first kappa shape index (κ1) is 2.68. The van der Waals surface area contributed by atoms with Crippen LogP contribution >= 0.6 is 0 Å². The Balaban J connectivity index is 4.05. The lowest BCUT2D eigenvalue weighted by atomic mass is 10.0. The van der Waals surface area contributed by atoms with Gasteiger partial charge in [0.25, 0.3) is 0 Å². The van der Waals surface area contributed by atoms with E-state index < -0.39 is 12.4 Å². The van der Waals surface area contributed by atoms with Gasteiger partial charge in [-0.3, -0.25) is 0 Å². The van der Waals surface area contributed by atoms with Crippen LogP contribution in [0, 0.1) is 11.3 Å². The number of nitriles is 1. The van der Waals surface area contributed by atoms with Crippen LogP contribution in [0.5, 0.6) is 0 Å². The number of hydrogen-bond acceptors (Lipinski definition) is 2. The minimum atomic E-state index is -2.11. The number of nitrogens with zero attached hydrogens (tertiary/aromatic N) is 1. The summed E-state index contributed by atoms with van der Waals surface area (Å²) in [6, 6.07) is 1.72. The standard InChI is InChI=1S/C5H10N2/c1-3-5(2,7)4-6/h3,7H2,1-2H3/i1D3. The molecule has 0 aromatic carbocycles. The normalized spacial score (nSPS) is 25.6. The van der Waals surface area contributed by atoms with E-state index in [1.165, 1.54) is 6.92 Å². The molecular weight excluding hydrogens is 88.1 g/mol. The molecule has 0 aromatic heterocycles. The summed E-state index contributed by atoms with van der Waals surface area (Å²) in [6.07, 6.45) is -0.267. The minimum Gasteiger partial charge on any atom is -0.314 e. The third-order valence-corrected chi connectivity index (χ3v) is 0.623. The lowest BCUT2D eigenvalue weighted by molar-refractivity contribution is 0.578. The summed E-state index contributed by atoms with van der Waals surface area (Å²) in [4.78, 5) is 0. The largest absolute Gasteiger partial charge is 0.314 e. The molecular formula is C5H10N2. The first-order valence-electron chi connectivity index (χ1n) is 3.47. The monoisotopic (exact) mass is 101 g/mol. The van der Waals surface area contributed by atoms with E-state index in [1.807, 2.05) is 0 Å². The Labute approximate surface area is 48.1 Å². The highest BCUT2D eigenvalue weighted by atomic mass is 14.7. The molecule has 0 saturated carbocycles. The number of nitrogens with two attached hydrogens (primary N) is 1. The predicted molar refractivity (Wildman–Crippen MR) is 28.5 cm³/mol. The molecule has 7 heavy (non-hydrogen) atoms. The molecule has 0 spiro atoms. The van der Waals surface area contributed by atoms with Crippen molar-refractivity contribution in [1.29, 1.82) is 5.26 Å². The van der Waals surface area contributed by atoms with E-state index in [0.29, 0.717) is 0 Å². The van der Waals surface area contributed by atoms with Gasteiger partial charge in [-0.25, -0.2) is 0 Å². The van der Waals surface area contributed by atoms with Crippen LogP contribution in [0.2, 0.25) is 0 Å². The summed E-state index contributed by atoms with van der Waals surface area (Å²) in [5.74, 6) is 0. The summed E-state index contributed by atoms with van der Waals surface area (Å²) in [5, 5.41) is 8.33. The molecule has 2 nitrogen and oxygen atoms in total. The van der Waals surface area contributed by atoms with Crippen LogP contribution in [0.3, 0.4) is 0 Å². The van der Waals surface area contributed by atoms with E-state index in [4.69, 9.17) is 15.1 Å². The third kappa shape index (κ3) is 2.18. The minimum absolute atomic E-state index is 0.267. The smallest absolute Gasteiger partial charge is 0.101 e. The van der Waals surface area contributed by atoms with Crippen LogP contribution in [0.4, 0.5) is 0 Å². The molecule has 0 saturated heterocycles. The highest BCUT2D eigenvalue weighted by Crippen LogP contribution is 1.99. The van der Waals surface area contributed by atoms with Crippen molar-refractivity contribution in [2.45, 2.75) is 25.7 Å². The molecule has 0 aliphatic heterocycles. The SMILES string of the molecule is [2H]C([2H])([2H])CC(C)(N)C#N. The first-order chi connectivity index (χ1) is 4.27. The molecule has 0 bridgehead atoms. The summed E-state index contributed by atoms with van der Waals surface area (Å²) in [6.45, 7) is -0.710. The topological polar surface area (TPSA) is 49.8 Å². The van der Waals surface area contributed by atoms with Crippen LogP contribution in [0.25, 0.3) is 0 Å². The average molecular weight is 101 g/mol. The Kier molecular flexibility index (Phi) is 0.745. The van der Waals surface area contributed by atoms with Crippen molar-refractivity contribution in [2.24, 2.45) is 5.73 Å². The summed E-state index contributed by atoms with van der Waals surface area (Å²) in [7, 11) is 0. The molecule has 0 amide bonds. The predicted octanol–water partition coefficient (Wildman–Crippen LogP) is 0.637. The van der Waals surface area contributed by atoms with E-state index in [9.17, 15) is 0 Å². The van der Waals surface area contributed by atoms with Gasteiger partial charge in [-0.1, -0.05) is 6.85 Å². The van der Waals surface area contributed by atoms with E-state index in [2.05, 4.69) is 0 Å². The molecule has 0 aromatic rings. The Morgan fingerprint density at radius 3 is 2.86 bits per heavy atom. The fraction of sp³-hybridized carbons (Fsp3) is 0.800. The van der Waals surface area contributed by atoms with Crippen LogP contribution in [-0.4, -0.2) is 5.54 Å². The second-order valence-corrected chi connectivity index (χ2v) is 1.71. The molecule has 0 rings (SSSR count). The molecule has 0 aliphatic rings. The Morgan fingerprint density at radius 1 is 2.14 bits per heavy atom. The lowest BCUT2D eigenvalue weighted by Crippen LogP contribution is -2.32. The van der Waals surface area contributed by atoms with Crippen molar-refractivity contribution >= 4 is 0 Å². The van der Waals surface area contributed by atoms with Crippen LogP contribution in [0.1, 0.15) is 24.3 Å². The van der Waals surface area contributed by atoms with Crippen molar-refractivity contribution in [3.8, 4) is 6.07 Å². The summed E-state index contributed by atoms with van der Waals surface area (Å²) >= 11 is 0. The molecule has 0 heterocycles. The van der Waals surface area contributed by atoms with Gasteiger partial charge in [0.2, 0.25) is 0 Å². The van der Waals surface area contributed by atoms with Crippen LogP contribution in [-0.2, 0) is 0 Å². The molecule has 0 fully saturated rings. The van der Waals surface area contributed by atoms with E-state index in [0.717, 1.165) is 0 Å². The van der Waals surface area contributed by atoms with Crippen LogP contribution in [0.15, 0.2) is 0 Å². The lowest BCUT2D eigenvalue weighted by Gasteiger charge is -2.09. The molecule has 2 heteroatoms. The van der Waals surface area contributed by atoms with Gasteiger partial charge in [0, 0.05) is 4.11 Å². The Morgan fingerprint density at radius 2 is 2.71 bits per heavy atom. The van der Waals surface area contributed by atoms with Gasteiger partial charge in [-0.15, -0.1) is 0 Å². The quantitative estimate of drug-likeness (QED) is 0.527. The summed E-state index contributed by atoms with van der Waals surface area (Å²) < 4.78 is 20.4. The van der Waals surface area contributed by atoms with Gasteiger partial charge in [0.05, 0.1) is 6.07 Å². The summed E-state index contributed by atoms with van der Waals surface area (Å²) in [5.41, 5.74) is 4.05. The Hall–Kier alpha value is -0.550. The second kappa shape index (κ2) is 1.94. The molecule has 0 radical (unpaired) electrons. The van der Waals surface area contributed by atoms with E-state index >= 15 is 0 Å². The van der Waals surface area contributed by atoms with Gasteiger partial charge in [-0.05, 0) is 13.3 Å². The van der Waals surface area contributed by atoms with Gasteiger partial charge in [-0.2, -0.15) is 5.26 Å². The maximum Gasteiger partial charge on any atom is 0.101 e. The van der Waals surface area contributed by atoms with Crippen LogP contribution < -0.4 is 5.73 Å². The molecule has 0 aliphatic carbocycles. The van der Waals surface area contributed by atoms with Crippen molar-refractivity contribution in [3.05, 3.63) is 0 Å². The Bertz CT molecular complexity index is 153. The fourth-order valence-corrected chi connectivity index (χ4v) is 0.0395. The zero-order chi connectivity index (χ0) is 8.41. The third-order valence-electron chi connectivity index (χ3n) is 0.623. The van der Waals surface area contributed by atoms with Gasteiger partial charge in [0.1, 0.15) is 5.54 Å². The molecule has 1 atom stereocenters. The number of rotatable bonds is 1. The van der Waals surface area contributed by atoms with Crippen molar-refractivity contribution in [3.63, 3.8) is 0 Å². The van der Waals surface area contributed by atoms with Gasteiger partial charge >= 0.3 is 0 Å². The van der Waals surface area contributed by atoms with Crippen molar-refractivity contribution < 1.29 is 4.11 Å². The average Bonchev–Trinajstić information content (AvgIpc) is 1.60. The first-order valence-corrected chi connectivity index (χ1v) is 1.97. The molecule has 2 N–H and O–H groups in total. The molecule has 40 valence electrons. The highest BCUT2D eigenvalue weighted by molar-refractivity contribution is 4.99. The van der Waals surface area contributed by atoms with Gasteiger partial charge < -0.3 is 5.73 Å².